The summed E-state index contributed by atoms with van der Waals surface area (Å²) in [6.07, 6.45) is 0. The minimum Gasteiger partial charge on any atom is -0.467 e. The highest BCUT2D eigenvalue weighted by Crippen LogP contribution is 2.03. The first-order valence-corrected chi connectivity index (χ1v) is 4.92. The molecule has 5 heteroatoms. The van der Waals surface area contributed by atoms with Gasteiger partial charge >= 0.3 is 5.97 Å². The minimum atomic E-state index is -0.982. The maximum absolute atomic E-state index is 11.4. The number of esters is 1. The quantitative estimate of drug-likeness (QED) is 0.637. The first-order chi connectivity index (χ1) is 6.79. The van der Waals surface area contributed by atoms with E-state index in [0.717, 1.165) is 0 Å². The number of carbonyl (C=O) groups is 2. The van der Waals surface area contributed by atoms with Gasteiger partial charge < -0.3 is 15.4 Å². The molecule has 0 aliphatic heterocycles. The normalized spacial score (nSPS) is 11.3. The number of nitrogens with one attached hydrogen (secondary N) is 2. The first-order valence-electron chi connectivity index (χ1n) is 4.92. The van der Waals surface area contributed by atoms with Crippen molar-refractivity contribution in [2.75, 3.05) is 13.7 Å². The van der Waals surface area contributed by atoms with Crippen molar-refractivity contribution >= 4 is 11.9 Å². The molecule has 88 valence electrons. The van der Waals surface area contributed by atoms with Gasteiger partial charge in [0.2, 0.25) is 5.91 Å². The minimum absolute atomic E-state index is 0.193. The van der Waals surface area contributed by atoms with Gasteiger partial charge in [-0.2, -0.15) is 0 Å². The summed E-state index contributed by atoms with van der Waals surface area (Å²) in [6, 6.07) is 0.233. The zero-order valence-corrected chi connectivity index (χ0v) is 10.0. The maximum atomic E-state index is 11.4. The second-order valence-corrected chi connectivity index (χ2v) is 4.20. The fourth-order valence-electron chi connectivity index (χ4n) is 0.996. The molecular formula is C10H20N2O3. The lowest BCUT2D eigenvalue weighted by Crippen LogP contribution is -2.53. The van der Waals surface area contributed by atoms with Crippen molar-refractivity contribution in [2.24, 2.45) is 0 Å². The Hall–Kier alpha value is -1.10. The molecule has 0 saturated carbocycles. The van der Waals surface area contributed by atoms with Crippen molar-refractivity contribution in [2.45, 2.75) is 39.3 Å². The van der Waals surface area contributed by atoms with E-state index < -0.39 is 11.5 Å². The molecule has 1 amide bonds. The molecule has 0 fully saturated rings. The monoisotopic (exact) mass is 216 g/mol. The van der Waals surface area contributed by atoms with Crippen LogP contribution in [0.25, 0.3) is 0 Å². The highest BCUT2D eigenvalue weighted by molar-refractivity contribution is 5.88. The van der Waals surface area contributed by atoms with Crippen molar-refractivity contribution in [3.8, 4) is 0 Å². The molecule has 0 aliphatic carbocycles. The van der Waals surface area contributed by atoms with Gasteiger partial charge in [-0.15, -0.1) is 0 Å². The van der Waals surface area contributed by atoms with E-state index in [-0.39, 0.29) is 18.5 Å². The summed E-state index contributed by atoms with van der Waals surface area (Å²) >= 11 is 0. The standard InChI is InChI=1S/C10H20N2O3/c1-7(2)11-6-8(13)12-10(3,4)9(14)15-5/h7,11H,6H2,1-5H3,(H,12,13). The summed E-state index contributed by atoms with van der Waals surface area (Å²) in [5.41, 5.74) is -0.982. The molecule has 5 nitrogen and oxygen atoms in total. The van der Waals surface area contributed by atoms with Gasteiger partial charge in [0.15, 0.2) is 0 Å². The van der Waals surface area contributed by atoms with Gasteiger partial charge in [-0.05, 0) is 13.8 Å². The van der Waals surface area contributed by atoms with Crippen LogP contribution in [0.5, 0.6) is 0 Å². The molecule has 0 saturated heterocycles. The Morgan fingerprint density at radius 1 is 1.33 bits per heavy atom. The second-order valence-electron chi connectivity index (χ2n) is 4.20. The van der Waals surface area contributed by atoms with Crippen LogP contribution in [0.15, 0.2) is 0 Å². The summed E-state index contributed by atoms with van der Waals surface area (Å²) in [4.78, 5) is 22.7. The summed E-state index contributed by atoms with van der Waals surface area (Å²) in [6.45, 7) is 7.29. The lowest BCUT2D eigenvalue weighted by atomic mass is 10.1. The summed E-state index contributed by atoms with van der Waals surface area (Å²) in [5.74, 6) is -0.681. The molecule has 0 spiro atoms. The van der Waals surface area contributed by atoms with Crippen molar-refractivity contribution in [1.82, 2.24) is 10.6 Å². The van der Waals surface area contributed by atoms with Gasteiger partial charge in [0.05, 0.1) is 13.7 Å². The zero-order valence-electron chi connectivity index (χ0n) is 10.0. The first kappa shape index (κ1) is 13.9. The Kier molecular flexibility index (Phi) is 5.28. The highest BCUT2D eigenvalue weighted by atomic mass is 16.5. The molecule has 0 radical (unpaired) electrons. The average Bonchev–Trinajstić information content (AvgIpc) is 2.12. The Morgan fingerprint density at radius 3 is 2.27 bits per heavy atom. The molecule has 0 bridgehead atoms. The van der Waals surface area contributed by atoms with Gasteiger partial charge in [0.25, 0.3) is 0 Å². The molecule has 2 N–H and O–H groups in total. The van der Waals surface area contributed by atoms with Crippen LogP contribution in [0.3, 0.4) is 0 Å². The average molecular weight is 216 g/mol. The molecule has 0 unspecified atom stereocenters. The van der Waals surface area contributed by atoms with Crippen molar-refractivity contribution < 1.29 is 14.3 Å². The van der Waals surface area contributed by atoms with Crippen molar-refractivity contribution in [3.05, 3.63) is 0 Å². The molecule has 0 aromatic rings. The molecule has 0 aliphatic rings. The van der Waals surface area contributed by atoms with E-state index in [4.69, 9.17) is 0 Å². The van der Waals surface area contributed by atoms with Crippen LogP contribution < -0.4 is 10.6 Å². The zero-order chi connectivity index (χ0) is 12.1. The SMILES string of the molecule is COC(=O)C(C)(C)NC(=O)CNC(C)C. The van der Waals surface area contributed by atoms with Gasteiger partial charge in [-0.3, -0.25) is 4.79 Å². The van der Waals surface area contributed by atoms with Crippen LogP contribution in [0.2, 0.25) is 0 Å². The topological polar surface area (TPSA) is 67.4 Å². The number of ether oxygens (including phenoxy) is 1. The largest absolute Gasteiger partial charge is 0.467 e. The van der Waals surface area contributed by atoms with Crippen LogP contribution >= 0.6 is 0 Å². The third kappa shape index (κ3) is 5.37. The van der Waals surface area contributed by atoms with E-state index in [2.05, 4.69) is 15.4 Å². The maximum Gasteiger partial charge on any atom is 0.330 e. The predicted octanol–water partition coefficient (Wildman–Crippen LogP) is 0.0522. The predicted molar refractivity (Wildman–Crippen MR) is 57.4 cm³/mol. The third-order valence-electron chi connectivity index (χ3n) is 1.82. The molecule has 0 rings (SSSR count). The van der Waals surface area contributed by atoms with E-state index in [1.54, 1.807) is 13.8 Å². The van der Waals surface area contributed by atoms with Crippen LogP contribution in [0.1, 0.15) is 27.7 Å². The van der Waals surface area contributed by atoms with Crippen molar-refractivity contribution in [1.29, 1.82) is 0 Å². The summed E-state index contributed by atoms with van der Waals surface area (Å²) in [7, 11) is 1.29. The summed E-state index contributed by atoms with van der Waals surface area (Å²) in [5, 5.41) is 5.55. The number of carbonyl (C=O) groups excluding carboxylic acids is 2. The lowest BCUT2D eigenvalue weighted by molar-refractivity contribution is -0.149. The van der Waals surface area contributed by atoms with Gasteiger partial charge in [0, 0.05) is 6.04 Å². The Bertz CT molecular complexity index is 237. The van der Waals surface area contributed by atoms with Crippen LogP contribution in [0.4, 0.5) is 0 Å². The summed E-state index contributed by atoms with van der Waals surface area (Å²) < 4.78 is 4.57. The second kappa shape index (κ2) is 5.70. The number of methoxy groups -OCH3 is 1. The van der Waals surface area contributed by atoms with E-state index in [1.807, 2.05) is 13.8 Å². The van der Waals surface area contributed by atoms with Crippen LogP contribution in [-0.2, 0) is 14.3 Å². The Labute approximate surface area is 90.6 Å². The third-order valence-corrected chi connectivity index (χ3v) is 1.82. The Balaban J connectivity index is 4.10. The molecule has 0 aromatic carbocycles. The van der Waals surface area contributed by atoms with Crippen molar-refractivity contribution in [3.63, 3.8) is 0 Å². The molecule has 0 heterocycles. The van der Waals surface area contributed by atoms with Crippen LogP contribution in [-0.4, -0.2) is 37.1 Å². The molecule has 0 aromatic heterocycles. The number of rotatable bonds is 5. The fraction of sp³-hybridized carbons (Fsp3) is 0.800. The van der Waals surface area contributed by atoms with Gasteiger partial charge in [-0.1, -0.05) is 13.8 Å². The molecule has 0 atom stereocenters. The Morgan fingerprint density at radius 2 is 1.87 bits per heavy atom. The van der Waals surface area contributed by atoms with E-state index in [0.29, 0.717) is 0 Å². The number of amides is 1. The van der Waals surface area contributed by atoms with E-state index in [9.17, 15) is 9.59 Å². The lowest BCUT2D eigenvalue weighted by Gasteiger charge is -2.23. The van der Waals surface area contributed by atoms with Gasteiger partial charge in [0.1, 0.15) is 5.54 Å². The smallest absolute Gasteiger partial charge is 0.330 e. The highest BCUT2D eigenvalue weighted by Gasteiger charge is 2.30. The van der Waals surface area contributed by atoms with Crippen LogP contribution in [0, 0.1) is 0 Å². The number of hydrogen-bond acceptors (Lipinski definition) is 4. The van der Waals surface area contributed by atoms with E-state index in [1.165, 1.54) is 7.11 Å². The molecular weight excluding hydrogens is 196 g/mol. The number of hydrogen-bond donors (Lipinski definition) is 2. The fourth-order valence-corrected chi connectivity index (χ4v) is 0.996. The molecule has 15 heavy (non-hydrogen) atoms. The van der Waals surface area contributed by atoms with Gasteiger partial charge in [-0.25, -0.2) is 4.79 Å². The van der Waals surface area contributed by atoms with E-state index >= 15 is 0 Å².